The van der Waals surface area contributed by atoms with E-state index in [1.807, 2.05) is 6.07 Å². The minimum Gasteiger partial charge on any atom is -0.346 e. The van der Waals surface area contributed by atoms with Crippen LogP contribution in [0.4, 0.5) is 0 Å². The number of hydrogen-bond donors (Lipinski definition) is 1. The second kappa shape index (κ2) is 6.36. The van der Waals surface area contributed by atoms with Gasteiger partial charge in [-0.2, -0.15) is 4.99 Å². The van der Waals surface area contributed by atoms with Crippen LogP contribution in [0.15, 0.2) is 34.9 Å². The Hall–Kier alpha value is -2.21. The van der Waals surface area contributed by atoms with Crippen molar-refractivity contribution in [2.45, 2.75) is 45.1 Å². The summed E-state index contributed by atoms with van der Waals surface area (Å²) in [5.41, 5.74) is 2.51. The molecule has 1 aliphatic carbocycles. The van der Waals surface area contributed by atoms with Gasteiger partial charge in [0.2, 0.25) is 0 Å². The number of rotatable bonds is 2. The van der Waals surface area contributed by atoms with E-state index in [0.717, 1.165) is 15.8 Å². The molecule has 0 spiro atoms. The predicted octanol–water partition coefficient (Wildman–Crippen LogP) is 3.98. The molecule has 3 heterocycles. The molecule has 3 aromatic rings. The molecule has 124 valence electrons. The van der Waals surface area contributed by atoms with Gasteiger partial charge >= 0.3 is 0 Å². The van der Waals surface area contributed by atoms with Crippen LogP contribution in [0.1, 0.15) is 54.2 Å². The first-order chi connectivity index (χ1) is 11.7. The van der Waals surface area contributed by atoms with Crippen LogP contribution in [0.3, 0.4) is 0 Å². The number of fused-ring (bicyclic) bond motifs is 1. The highest BCUT2D eigenvalue weighted by Crippen LogP contribution is 2.28. The van der Waals surface area contributed by atoms with Gasteiger partial charge in [-0.3, -0.25) is 4.79 Å². The smallest absolute Gasteiger partial charge is 0.280 e. The number of amides is 1. The summed E-state index contributed by atoms with van der Waals surface area (Å²) in [4.78, 5) is 25.3. The third-order valence-corrected chi connectivity index (χ3v) is 5.71. The number of carbonyl (C=O) groups is 1. The minimum atomic E-state index is -0.201. The van der Waals surface area contributed by atoms with Crippen molar-refractivity contribution >= 4 is 28.3 Å². The predicted molar refractivity (Wildman–Crippen MR) is 95.2 cm³/mol. The summed E-state index contributed by atoms with van der Waals surface area (Å²) in [6, 6.07) is 4.09. The first-order valence-corrected chi connectivity index (χ1v) is 9.30. The normalized spacial score (nSPS) is 16.8. The van der Waals surface area contributed by atoms with E-state index < -0.39 is 0 Å². The molecule has 0 unspecified atom stereocenters. The summed E-state index contributed by atoms with van der Waals surface area (Å²) in [5, 5.41) is 2.92. The van der Waals surface area contributed by atoms with E-state index in [-0.39, 0.29) is 5.91 Å². The van der Waals surface area contributed by atoms with Crippen LogP contribution in [0, 0.1) is 6.92 Å². The Morgan fingerprint density at radius 1 is 1.33 bits per heavy atom. The lowest BCUT2D eigenvalue weighted by Crippen LogP contribution is -2.25. The number of aryl methyl sites for hydroxylation is 1. The maximum absolute atomic E-state index is 12.8. The summed E-state index contributed by atoms with van der Waals surface area (Å²) >= 11 is 1.55. The van der Waals surface area contributed by atoms with E-state index >= 15 is 0 Å². The third kappa shape index (κ3) is 2.71. The molecule has 0 bridgehead atoms. The second-order valence-electron chi connectivity index (χ2n) is 6.34. The van der Waals surface area contributed by atoms with Crippen molar-refractivity contribution < 1.29 is 4.79 Å². The lowest BCUT2D eigenvalue weighted by atomic mass is 9.95. The Bertz CT molecular complexity index is 943. The number of pyridine rings is 1. The van der Waals surface area contributed by atoms with Crippen LogP contribution in [-0.4, -0.2) is 20.4 Å². The summed E-state index contributed by atoms with van der Waals surface area (Å²) in [7, 11) is 0. The van der Waals surface area contributed by atoms with Crippen molar-refractivity contribution in [1.29, 1.82) is 0 Å². The molecule has 0 aliphatic heterocycles. The Morgan fingerprint density at radius 3 is 3.00 bits per heavy atom. The number of aromatic amines is 1. The lowest BCUT2D eigenvalue weighted by molar-refractivity contribution is 0.0999. The molecule has 0 atom stereocenters. The number of nitrogens with zero attached hydrogens (tertiary/aromatic N) is 3. The molecule has 1 aliphatic rings. The Morgan fingerprint density at radius 2 is 2.17 bits per heavy atom. The van der Waals surface area contributed by atoms with Gasteiger partial charge in [-0.1, -0.05) is 19.3 Å². The third-order valence-electron chi connectivity index (χ3n) is 4.75. The van der Waals surface area contributed by atoms with Gasteiger partial charge in [-0.05, 0) is 31.9 Å². The van der Waals surface area contributed by atoms with E-state index in [2.05, 4.69) is 31.8 Å². The highest BCUT2D eigenvalue weighted by Gasteiger charge is 2.19. The molecule has 6 heteroatoms. The summed E-state index contributed by atoms with van der Waals surface area (Å²) in [6.45, 7) is 2.10. The fraction of sp³-hybridized carbons (Fsp3) is 0.389. The minimum absolute atomic E-state index is 0.201. The van der Waals surface area contributed by atoms with Crippen LogP contribution in [0.2, 0.25) is 0 Å². The van der Waals surface area contributed by atoms with Gasteiger partial charge in [0.1, 0.15) is 5.65 Å². The van der Waals surface area contributed by atoms with E-state index in [1.165, 1.54) is 37.8 Å². The number of nitrogens with one attached hydrogen (secondary N) is 1. The molecule has 1 amide bonds. The van der Waals surface area contributed by atoms with Crippen LogP contribution < -0.4 is 4.80 Å². The summed E-state index contributed by atoms with van der Waals surface area (Å²) < 4.78 is 2.26. The molecule has 0 aromatic carbocycles. The molecule has 3 aromatic heterocycles. The van der Waals surface area contributed by atoms with Gasteiger partial charge in [-0.15, -0.1) is 11.3 Å². The topological polar surface area (TPSA) is 63.0 Å². The van der Waals surface area contributed by atoms with Crippen molar-refractivity contribution in [1.82, 2.24) is 14.5 Å². The molecular weight excluding hydrogens is 320 g/mol. The Labute approximate surface area is 144 Å². The quantitative estimate of drug-likeness (QED) is 0.767. The highest BCUT2D eigenvalue weighted by molar-refractivity contribution is 7.07. The van der Waals surface area contributed by atoms with Crippen LogP contribution >= 0.6 is 11.3 Å². The van der Waals surface area contributed by atoms with Crippen molar-refractivity contribution in [3.8, 4) is 0 Å². The van der Waals surface area contributed by atoms with Crippen molar-refractivity contribution in [2.75, 3.05) is 0 Å². The van der Waals surface area contributed by atoms with E-state index in [0.29, 0.717) is 11.6 Å². The largest absolute Gasteiger partial charge is 0.346 e. The van der Waals surface area contributed by atoms with Gasteiger partial charge in [0.15, 0.2) is 4.80 Å². The van der Waals surface area contributed by atoms with Gasteiger partial charge < -0.3 is 9.55 Å². The first-order valence-electron chi connectivity index (χ1n) is 8.42. The molecule has 1 N–H and O–H groups in total. The monoisotopic (exact) mass is 340 g/mol. The summed E-state index contributed by atoms with van der Waals surface area (Å²) in [6.07, 6.45) is 9.63. The van der Waals surface area contributed by atoms with Gasteiger partial charge in [0.25, 0.3) is 5.91 Å². The lowest BCUT2D eigenvalue weighted by Gasteiger charge is -2.24. The van der Waals surface area contributed by atoms with Gasteiger partial charge in [0.05, 0.1) is 5.56 Å². The average molecular weight is 340 g/mol. The fourth-order valence-corrected chi connectivity index (χ4v) is 4.49. The SMILES string of the molecule is Cc1csc(=NC(=O)c2ccnc3[nH]ccc23)n1C1CCCCC1. The van der Waals surface area contributed by atoms with Gasteiger partial charge in [-0.25, -0.2) is 4.98 Å². The fourth-order valence-electron chi connectivity index (χ4n) is 3.56. The molecular formula is C18H20N4OS. The summed E-state index contributed by atoms with van der Waals surface area (Å²) in [5.74, 6) is -0.201. The number of hydrogen-bond acceptors (Lipinski definition) is 3. The molecule has 5 nitrogen and oxygen atoms in total. The van der Waals surface area contributed by atoms with Gasteiger partial charge in [0, 0.05) is 34.9 Å². The Kier molecular flexibility index (Phi) is 4.06. The number of carbonyl (C=O) groups excluding carboxylic acids is 1. The molecule has 24 heavy (non-hydrogen) atoms. The average Bonchev–Trinajstić information content (AvgIpc) is 3.22. The maximum atomic E-state index is 12.8. The highest BCUT2D eigenvalue weighted by atomic mass is 32.1. The molecule has 4 rings (SSSR count). The Balaban J connectivity index is 1.76. The van der Waals surface area contributed by atoms with Crippen molar-refractivity contribution in [3.05, 3.63) is 46.0 Å². The van der Waals surface area contributed by atoms with Crippen LogP contribution in [0.5, 0.6) is 0 Å². The molecule has 0 saturated heterocycles. The molecule has 0 radical (unpaired) electrons. The van der Waals surface area contributed by atoms with E-state index in [1.54, 1.807) is 29.8 Å². The van der Waals surface area contributed by atoms with E-state index in [9.17, 15) is 4.79 Å². The zero-order valence-corrected chi connectivity index (χ0v) is 14.5. The van der Waals surface area contributed by atoms with Crippen molar-refractivity contribution in [2.24, 2.45) is 4.99 Å². The maximum Gasteiger partial charge on any atom is 0.280 e. The molecule has 1 saturated carbocycles. The van der Waals surface area contributed by atoms with E-state index in [4.69, 9.17) is 0 Å². The number of thiazole rings is 1. The zero-order valence-electron chi connectivity index (χ0n) is 13.7. The number of aromatic nitrogens is 3. The number of H-pyrrole nitrogens is 1. The standard InChI is InChI=1S/C18H20N4OS/c1-12-11-24-18(22(12)13-5-3-2-4-6-13)21-17(23)15-8-10-20-16-14(15)7-9-19-16/h7-11,13H,2-6H2,1H3,(H,19,20). The molecule has 1 fully saturated rings. The second-order valence-corrected chi connectivity index (χ2v) is 7.17. The van der Waals surface area contributed by atoms with Crippen molar-refractivity contribution in [3.63, 3.8) is 0 Å². The van der Waals surface area contributed by atoms with Crippen LogP contribution in [-0.2, 0) is 0 Å². The van der Waals surface area contributed by atoms with Crippen LogP contribution in [0.25, 0.3) is 11.0 Å². The zero-order chi connectivity index (χ0) is 16.5. The first kappa shape index (κ1) is 15.3.